The van der Waals surface area contributed by atoms with Gasteiger partial charge in [-0.25, -0.2) is 23.1 Å². The number of halogens is 3. The fraction of sp³-hybridized carbons (Fsp3) is 0.500. The molecular formula is C24H28F3N7O2. The van der Waals surface area contributed by atoms with Crippen LogP contribution in [0, 0.1) is 23.4 Å². The minimum absolute atomic E-state index is 0.0301. The molecule has 0 aliphatic heterocycles. The topological polar surface area (TPSA) is 131 Å². The van der Waals surface area contributed by atoms with E-state index < -0.39 is 17.5 Å². The molecule has 0 saturated heterocycles. The molecule has 2 heterocycles. The molecule has 1 amide bonds. The first kappa shape index (κ1) is 24.3. The lowest BCUT2D eigenvalue weighted by Gasteiger charge is -2.29. The Balaban J connectivity index is 1.51. The SMILES string of the molecule is NC(=O)[C@H]1CC[C@@H](n2c(Nc3ccc(F)c(F)c3F)nc3cnc(N[C@@H]4CCC[C@H](O)C4)nc32)CC1. The van der Waals surface area contributed by atoms with Crippen LogP contribution in [0.5, 0.6) is 0 Å². The molecule has 2 aliphatic carbocycles. The molecule has 192 valence electrons. The first-order chi connectivity index (χ1) is 17.3. The van der Waals surface area contributed by atoms with E-state index in [-0.39, 0.29) is 41.6 Å². The lowest BCUT2D eigenvalue weighted by atomic mass is 9.85. The van der Waals surface area contributed by atoms with Gasteiger partial charge in [-0.2, -0.15) is 4.98 Å². The van der Waals surface area contributed by atoms with Gasteiger partial charge in [-0.1, -0.05) is 0 Å². The predicted molar refractivity (Wildman–Crippen MR) is 127 cm³/mol. The maximum atomic E-state index is 14.4. The second-order valence-electron chi connectivity index (χ2n) is 9.63. The van der Waals surface area contributed by atoms with Crippen LogP contribution in [0.25, 0.3) is 11.2 Å². The molecule has 0 spiro atoms. The standard InChI is InChI=1S/C24H28F3N7O2/c25-16-8-9-17(20(27)19(16)26)31-24-32-18-11-29-23(30-13-2-1-3-15(35)10-13)33-22(18)34(24)14-6-4-12(5-7-14)21(28)36/h8-9,11-15,35H,1-7,10H2,(H2,28,36)(H,31,32)(H,29,30,33)/t12-,13-,14+,15+/m1/s1. The number of aromatic nitrogens is 4. The van der Waals surface area contributed by atoms with Crippen molar-refractivity contribution in [3.05, 3.63) is 35.8 Å². The molecule has 2 aliphatic rings. The highest BCUT2D eigenvalue weighted by Gasteiger charge is 2.30. The molecule has 0 bridgehead atoms. The fourth-order valence-electron chi connectivity index (χ4n) is 5.23. The number of fused-ring (bicyclic) bond motifs is 1. The molecule has 1 aromatic carbocycles. The van der Waals surface area contributed by atoms with E-state index in [9.17, 15) is 23.1 Å². The molecule has 12 heteroatoms. The van der Waals surface area contributed by atoms with E-state index in [4.69, 9.17) is 5.73 Å². The molecular weight excluding hydrogens is 475 g/mol. The van der Waals surface area contributed by atoms with Crippen molar-refractivity contribution < 1.29 is 23.1 Å². The van der Waals surface area contributed by atoms with Crippen LogP contribution in [-0.4, -0.2) is 42.7 Å². The summed E-state index contributed by atoms with van der Waals surface area (Å²) < 4.78 is 43.6. The van der Waals surface area contributed by atoms with Gasteiger partial charge in [0.15, 0.2) is 23.1 Å². The normalized spacial score (nSPS) is 24.6. The summed E-state index contributed by atoms with van der Waals surface area (Å²) in [6, 6.07) is 1.84. The first-order valence-electron chi connectivity index (χ1n) is 12.2. The maximum absolute atomic E-state index is 14.4. The largest absolute Gasteiger partial charge is 0.393 e. The van der Waals surface area contributed by atoms with E-state index in [1.165, 1.54) is 0 Å². The third-order valence-corrected chi connectivity index (χ3v) is 7.16. The van der Waals surface area contributed by atoms with Crippen LogP contribution in [-0.2, 0) is 4.79 Å². The molecule has 5 rings (SSSR count). The van der Waals surface area contributed by atoms with Crippen LogP contribution >= 0.6 is 0 Å². The van der Waals surface area contributed by atoms with Crippen molar-refractivity contribution >= 4 is 34.7 Å². The predicted octanol–water partition coefficient (Wildman–Crippen LogP) is 3.92. The Bertz CT molecular complexity index is 1280. The van der Waals surface area contributed by atoms with Gasteiger partial charge < -0.3 is 21.5 Å². The molecule has 2 atom stereocenters. The Morgan fingerprint density at radius 1 is 1.06 bits per heavy atom. The number of rotatable bonds is 6. The molecule has 9 nitrogen and oxygen atoms in total. The summed E-state index contributed by atoms with van der Waals surface area (Å²) in [5, 5.41) is 16.1. The van der Waals surface area contributed by atoms with Gasteiger partial charge in [0, 0.05) is 18.0 Å². The number of aliphatic hydroxyl groups is 1. The van der Waals surface area contributed by atoms with E-state index in [2.05, 4.69) is 25.6 Å². The average Bonchev–Trinajstić information content (AvgIpc) is 3.21. The molecule has 2 fully saturated rings. The zero-order valence-electron chi connectivity index (χ0n) is 19.6. The van der Waals surface area contributed by atoms with Gasteiger partial charge in [-0.15, -0.1) is 0 Å². The summed E-state index contributed by atoms with van der Waals surface area (Å²) >= 11 is 0. The van der Waals surface area contributed by atoms with E-state index >= 15 is 0 Å². The number of benzene rings is 1. The number of nitrogens with one attached hydrogen (secondary N) is 2. The number of hydrogen-bond donors (Lipinski definition) is 4. The third kappa shape index (κ3) is 4.81. The third-order valence-electron chi connectivity index (χ3n) is 7.16. The molecule has 36 heavy (non-hydrogen) atoms. The Morgan fingerprint density at radius 3 is 2.56 bits per heavy atom. The number of nitrogens with two attached hydrogens (primary N) is 1. The summed E-state index contributed by atoms with van der Waals surface area (Å²) in [7, 11) is 0. The molecule has 0 unspecified atom stereocenters. The highest BCUT2D eigenvalue weighted by molar-refractivity contribution is 5.78. The number of imidazole rings is 1. The number of nitrogens with zero attached hydrogens (tertiary/aromatic N) is 4. The summed E-state index contributed by atoms with van der Waals surface area (Å²) in [5.41, 5.74) is 6.15. The molecule has 0 radical (unpaired) electrons. The van der Waals surface area contributed by atoms with Crippen molar-refractivity contribution in [2.45, 2.75) is 69.6 Å². The summed E-state index contributed by atoms with van der Waals surface area (Å²) in [6.07, 6.45) is 6.70. The Morgan fingerprint density at radius 2 is 1.83 bits per heavy atom. The maximum Gasteiger partial charge on any atom is 0.224 e. The van der Waals surface area contributed by atoms with Crippen LogP contribution in [0.4, 0.5) is 30.8 Å². The van der Waals surface area contributed by atoms with Crippen LogP contribution in [0.1, 0.15) is 57.4 Å². The van der Waals surface area contributed by atoms with Gasteiger partial charge in [0.05, 0.1) is 18.0 Å². The first-order valence-corrected chi connectivity index (χ1v) is 12.2. The highest BCUT2D eigenvalue weighted by atomic mass is 19.2. The monoisotopic (exact) mass is 503 g/mol. The van der Waals surface area contributed by atoms with Gasteiger partial charge in [0.1, 0.15) is 5.52 Å². The number of aliphatic hydroxyl groups excluding tert-OH is 1. The Labute approximate surface area is 205 Å². The zero-order chi connectivity index (χ0) is 25.4. The van der Waals surface area contributed by atoms with E-state index in [1.54, 1.807) is 10.8 Å². The van der Waals surface area contributed by atoms with Crippen LogP contribution in [0.2, 0.25) is 0 Å². The fourth-order valence-corrected chi connectivity index (χ4v) is 5.23. The average molecular weight is 504 g/mol. The summed E-state index contributed by atoms with van der Waals surface area (Å²) in [6.45, 7) is 0. The van der Waals surface area contributed by atoms with Crippen molar-refractivity contribution in [3.8, 4) is 0 Å². The number of hydrogen-bond acceptors (Lipinski definition) is 7. The minimum atomic E-state index is -1.58. The van der Waals surface area contributed by atoms with E-state index in [1.807, 2.05) is 0 Å². The Hall–Kier alpha value is -3.41. The highest BCUT2D eigenvalue weighted by Crippen LogP contribution is 2.37. The van der Waals surface area contributed by atoms with Crippen molar-refractivity contribution in [3.63, 3.8) is 0 Å². The van der Waals surface area contributed by atoms with Crippen molar-refractivity contribution in [1.82, 2.24) is 19.5 Å². The van der Waals surface area contributed by atoms with Gasteiger partial charge >= 0.3 is 0 Å². The lowest BCUT2D eigenvalue weighted by molar-refractivity contribution is -0.122. The van der Waals surface area contributed by atoms with Gasteiger partial charge in [-0.3, -0.25) is 9.36 Å². The summed E-state index contributed by atoms with van der Waals surface area (Å²) in [5.74, 6) is -4.20. The van der Waals surface area contributed by atoms with Gasteiger partial charge in [0.25, 0.3) is 0 Å². The van der Waals surface area contributed by atoms with Crippen LogP contribution in [0.3, 0.4) is 0 Å². The van der Waals surface area contributed by atoms with Crippen LogP contribution < -0.4 is 16.4 Å². The number of primary amides is 1. The van der Waals surface area contributed by atoms with Gasteiger partial charge in [0.2, 0.25) is 17.8 Å². The zero-order valence-corrected chi connectivity index (χ0v) is 19.6. The number of carbonyl (C=O) groups excluding carboxylic acids is 1. The van der Waals surface area contributed by atoms with Crippen molar-refractivity contribution in [2.24, 2.45) is 11.7 Å². The quantitative estimate of drug-likeness (QED) is 0.375. The van der Waals surface area contributed by atoms with Crippen molar-refractivity contribution in [2.75, 3.05) is 10.6 Å². The van der Waals surface area contributed by atoms with E-state index in [0.29, 0.717) is 49.2 Å². The number of anilines is 3. The molecule has 2 saturated carbocycles. The molecule has 3 aromatic rings. The second-order valence-corrected chi connectivity index (χ2v) is 9.63. The Kier molecular flexibility index (Phi) is 6.69. The minimum Gasteiger partial charge on any atom is -0.393 e. The van der Waals surface area contributed by atoms with Crippen molar-refractivity contribution in [1.29, 1.82) is 0 Å². The lowest BCUT2D eigenvalue weighted by Crippen LogP contribution is -2.30. The summed E-state index contributed by atoms with van der Waals surface area (Å²) in [4.78, 5) is 25.2. The number of carbonyl (C=O) groups is 1. The molecule has 5 N–H and O–H groups in total. The second kappa shape index (κ2) is 9.92. The number of amides is 1. The van der Waals surface area contributed by atoms with E-state index in [0.717, 1.165) is 31.4 Å². The smallest absolute Gasteiger partial charge is 0.224 e. The van der Waals surface area contributed by atoms with Gasteiger partial charge in [-0.05, 0) is 63.5 Å². The van der Waals surface area contributed by atoms with Crippen LogP contribution in [0.15, 0.2) is 18.3 Å². The molecule has 2 aromatic heterocycles.